The number of halogens is 2. The van der Waals surface area contributed by atoms with Crippen LogP contribution in [0.4, 0.5) is 14.5 Å². The van der Waals surface area contributed by atoms with E-state index in [1.807, 2.05) is 0 Å². The smallest absolute Gasteiger partial charge is 0.152 e. The van der Waals surface area contributed by atoms with Gasteiger partial charge in [-0.1, -0.05) is 39.2 Å². The first-order chi connectivity index (χ1) is 8.60. The summed E-state index contributed by atoms with van der Waals surface area (Å²) >= 11 is 0. The lowest BCUT2D eigenvalue weighted by molar-refractivity contribution is 0.469. The van der Waals surface area contributed by atoms with Crippen molar-refractivity contribution in [1.29, 1.82) is 0 Å². The van der Waals surface area contributed by atoms with Crippen LogP contribution in [0.2, 0.25) is 0 Å². The third-order valence-electron chi connectivity index (χ3n) is 3.39. The van der Waals surface area contributed by atoms with Crippen LogP contribution >= 0.6 is 0 Å². The summed E-state index contributed by atoms with van der Waals surface area (Å²) in [4.78, 5) is 0. The lowest BCUT2D eigenvalue weighted by Crippen LogP contribution is -2.15. The standard InChI is InChI=1S/C15H23F2N/c1-4-6-7-12(5-2)10-18-15-13(16)9-8-11(3)14(15)17/h8-9,12,18H,4-7,10H2,1-3H3. The van der Waals surface area contributed by atoms with Crippen molar-refractivity contribution in [1.82, 2.24) is 0 Å². The molecule has 0 fully saturated rings. The summed E-state index contributed by atoms with van der Waals surface area (Å²) in [6.45, 7) is 6.55. The molecule has 1 atom stereocenters. The summed E-state index contributed by atoms with van der Waals surface area (Å²) in [6.07, 6.45) is 4.46. The molecule has 0 amide bonds. The second kappa shape index (κ2) is 7.34. The van der Waals surface area contributed by atoms with Crippen molar-refractivity contribution in [2.75, 3.05) is 11.9 Å². The van der Waals surface area contributed by atoms with Crippen LogP contribution in [0.25, 0.3) is 0 Å². The molecular weight excluding hydrogens is 232 g/mol. The maximum atomic E-state index is 13.8. The quantitative estimate of drug-likeness (QED) is 0.730. The Labute approximate surface area is 109 Å². The molecule has 0 saturated carbocycles. The summed E-state index contributed by atoms with van der Waals surface area (Å²) in [5, 5.41) is 2.93. The Hall–Kier alpha value is -1.12. The zero-order chi connectivity index (χ0) is 13.5. The van der Waals surface area contributed by atoms with Gasteiger partial charge in [0.05, 0.1) is 0 Å². The number of rotatable bonds is 7. The van der Waals surface area contributed by atoms with Gasteiger partial charge in [-0.05, 0) is 30.9 Å². The first-order valence-corrected chi connectivity index (χ1v) is 6.78. The SMILES string of the molecule is CCCCC(CC)CNc1c(F)ccc(C)c1F. The Morgan fingerprint density at radius 3 is 2.56 bits per heavy atom. The van der Waals surface area contributed by atoms with Gasteiger partial charge >= 0.3 is 0 Å². The first kappa shape index (κ1) is 14.9. The molecule has 0 saturated heterocycles. The van der Waals surface area contributed by atoms with E-state index < -0.39 is 11.6 Å². The van der Waals surface area contributed by atoms with Crippen LogP contribution in [-0.2, 0) is 0 Å². The maximum absolute atomic E-state index is 13.8. The second-order valence-electron chi connectivity index (χ2n) is 4.85. The Morgan fingerprint density at radius 1 is 1.22 bits per heavy atom. The van der Waals surface area contributed by atoms with E-state index in [0.717, 1.165) is 19.3 Å². The summed E-state index contributed by atoms with van der Waals surface area (Å²) in [5.41, 5.74) is 0.491. The largest absolute Gasteiger partial charge is 0.380 e. The van der Waals surface area contributed by atoms with E-state index in [0.29, 0.717) is 18.0 Å². The Kier molecular flexibility index (Phi) is 6.10. The van der Waals surface area contributed by atoms with Crippen LogP contribution < -0.4 is 5.32 Å². The van der Waals surface area contributed by atoms with E-state index in [2.05, 4.69) is 19.2 Å². The zero-order valence-corrected chi connectivity index (χ0v) is 11.5. The topological polar surface area (TPSA) is 12.0 Å². The van der Waals surface area contributed by atoms with Crippen molar-refractivity contribution < 1.29 is 8.78 Å². The third kappa shape index (κ3) is 3.97. The highest BCUT2D eigenvalue weighted by molar-refractivity contribution is 5.48. The van der Waals surface area contributed by atoms with Crippen LogP contribution in [0, 0.1) is 24.5 Å². The molecule has 0 aliphatic heterocycles. The number of anilines is 1. The fourth-order valence-corrected chi connectivity index (χ4v) is 2.01. The van der Waals surface area contributed by atoms with Crippen LogP contribution in [0.1, 0.15) is 45.1 Å². The van der Waals surface area contributed by atoms with Crippen LogP contribution in [0.3, 0.4) is 0 Å². The Morgan fingerprint density at radius 2 is 1.94 bits per heavy atom. The van der Waals surface area contributed by atoms with Gasteiger partial charge in [0.25, 0.3) is 0 Å². The molecule has 3 heteroatoms. The number of hydrogen-bond donors (Lipinski definition) is 1. The van der Waals surface area contributed by atoms with E-state index >= 15 is 0 Å². The highest BCUT2D eigenvalue weighted by atomic mass is 19.1. The minimum absolute atomic E-state index is 0.0185. The normalized spacial score (nSPS) is 12.5. The molecule has 102 valence electrons. The molecule has 0 aromatic heterocycles. The van der Waals surface area contributed by atoms with Crippen molar-refractivity contribution >= 4 is 5.69 Å². The van der Waals surface area contributed by atoms with Gasteiger partial charge in [0, 0.05) is 6.54 Å². The molecule has 1 N–H and O–H groups in total. The van der Waals surface area contributed by atoms with Gasteiger partial charge < -0.3 is 5.32 Å². The summed E-state index contributed by atoms with van der Waals surface area (Å²) in [7, 11) is 0. The minimum atomic E-state index is -0.511. The Bertz CT molecular complexity index is 377. The molecule has 1 unspecified atom stereocenters. The fourth-order valence-electron chi connectivity index (χ4n) is 2.01. The van der Waals surface area contributed by atoms with E-state index in [4.69, 9.17) is 0 Å². The van der Waals surface area contributed by atoms with Crippen molar-refractivity contribution in [2.45, 2.75) is 46.5 Å². The van der Waals surface area contributed by atoms with E-state index in [9.17, 15) is 8.78 Å². The highest BCUT2D eigenvalue weighted by Gasteiger charge is 2.13. The zero-order valence-electron chi connectivity index (χ0n) is 11.5. The van der Waals surface area contributed by atoms with Gasteiger partial charge in [0.15, 0.2) is 5.82 Å². The maximum Gasteiger partial charge on any atom is 0.152 e. The Balaban J connectivity index is 2.64. The molecule has 0 aliphatic carbocycles. The third-order valence-corrected chi connectivity index (χ3v) is 3.39. The predicted octanol–water partition coefficient (Wildman–Crippen LogP) is 4.90. The van der Waals surface area contributed by atoms with Crippen molar-refractivity contribution in [2.24, 2.45) is 5.92 Å². The van der Waals surface area contributed by atoms with E-state index in [1.165, 1.54) is 18.6 Å². The van der Waals surface area contributed by atoms with Crippen LogP contribution in [0.5, 0.6) is 0 Å². The number of benzene rings is 1. The number of unbranched alkanes of at least 4 members (excludes halogenated alkanes) is 1. The first-order valence-electron chi connectivity index (χ1n) is 6.78. The van der Waals surface area contributed by atoms with E-state index in [1.54, 1.807) is 6.92 Å². The summed E-state index contributed by atoms with van der Waals surface area (Å²) < 4.78 is 27.3. The summed E-state index contributed by atoms with van der Waals surface area (Å²) in [6, 6.07) is 2.78. The van der Waals surface area contributed by atoms with Crippen LogP contribution in [0.15, 0.2) is 12.1 Å². The average molecular weight is 255 g/mol. The molecule has 1 aromatic carbocycles. The van der Waals surface area contributed by atoms with Crippen LogP contribution in [-0.4, -0.2) is 6.54 Å². The molecular formula is C15H23F2N. The molecule has 1 nitrogen and oxygen atoms in total. The lowest BCUT2D eigenvalue weighted by atomic mass is 9.99. The summed E-state index contributed by atoms with van der Waals surface area (Å²) in [5.74, 6) is -0.506. The number of aryl methyl sites for hydroxylation is 1. The van der Waals surface area contributed by atoms with E-state index in [-0.39, 0.29) is 5.69 Å². The molecule has 1 aromatic rings. The highest BCUT2D eigenvalue weighted by Crippen LogP contribution is 2.23. The van der Waals surface area contributed by atoms with Crippen molar-refractivity contribution in [3.05, 3.63) is 29.3 Å². The minimum Gasteiger partial charge on any atom is -0.380 e. The second-order valence-corrected chi connectivity index (χ2v) is 4.85. The predicted molar refractivity (Wildman–Crippen MR) is 72.9 cm³/mol. The lowest BCUT2D eigenvalue weighted by Gasteiger charge is -2.17. The molecule has 0 heterocycles. The van der Waals surface area contributed by atoms with Crippen molar-refractivity contribution in [3.8, 4) is 0 Å². The monoisotopic (exact) mass is 255 g/mol. The number of nitrogens with one attached hydrogen (secondary N) is 1. The van der Waals surface area contributed by atoms with Gasteiger partial charge in [-0.3, -0.25) is 0 Å². The molecule has 18 heavy (non-hydrogen) atoms. The van der Waals surface area contributed by atoms with Crippen molar-refractivity contribution in [3.63, 3.8) is 0 Å². The van der Waals surface area contributed by atoms with Gasteiger partial charge in [-0.15, -0.1) is 0 Å². The van der Waals surface area contributed by atoms with Gasteiger partial charge in [-0.2, -0.15) is 0 Å². The fraction of sp³-hybridized carbons (Fsp3) is 0.600. The number of hydrogen-bond acceptors (Lipinski definition) is 1. The molecule has 0 radical (unpaired) electrons. The van der Waals surface area contributed by atoms with Gasteiger partial charge in [0.2, 0.25) is 0 Å². The molecule has 0 bridgehead atoms. The van der Waals surface area contributed by atoms with Gasteiger partial charge in [0.1, 0.15) is 11.5 Å². The molecule has 1 rings (SSSR count). The molecule has 0 aliphatic rings. The van der Waals surface area contributed by atoms with Gasteiger partial charge in [-0.25, -0.2) is 8.78 Å². The molecule has 0 spiro atoms. The average Bonchev–Trinajstić information content (AvgIpc) is 2.37.